The number of rotatable bonds is 10. The first-order valence-electron chi connectivity index (χ1n) is 12.1. The van der Waals surface area contributed by atoms with Gasteiger partial charge in [-0.1, -0.05) is 42.5 Å². The monoisotopic (exact) mass is 496 g/mol. The van der Waals surface area contributed by atoms with Crippen molar-refractivity contribution in [2.24, 2.45) is 0 Å². The number of methoxy groups -OCH3 is 1. The quantitative estimate of drug-likeness (QED) is 0.297. The predicted molar refractivity (Wildman–Crippen MR) is 139 cm³/mol. The van der Waals surface area contributed by atoms with E-state index in [1.807, 2.05) is 71.6 Å². The van der Waals surface area contributed by atoms with E-state index in [0.29, 0.717) is 54.7 Å². The number of pyridine rings is 1. The minimum Gasteiger partial charge on any atom is -0.493 e. The first-order chi connectivity index (χ1) is 18.2. The maximum atomic E-state index is 13.6. The Morgan fingerprint density at radius 2 is 1.73 bits per heavy atom. The van der Waals surface area contributed by atoms with Crippen LogP contribution >= 0.6 is 0 Å². The first kappa shape index (κ1) is 24.2. The van der Waals surface area contributed by atoms with Crippen molar-refractivity contribution in [2.75, 3.05) is 20.4 Å². The van der Waals surface area contributed by atoms with Gasteiger partial charge in [0.05, 0.1) is 7.11 Å². The Labute approximate surface area is 216 Å². The Morgan fingerprint density at radius 1 is 0.892 bits per heavy atom. The van der Waals surface area contributed by atoms with Crippen LogP contribution in [0.25, 0.3) is 0 Å². The van der Waals surface area contributed by atoms with Crippen LogP contribution in [-0.4, -0.2) is 36.2 Å². The molecule has 0 N–H and O–H groups in total. The van der Waals surface area contributed by atoms with E-state index in [-0.39, 0.29) is 12.7 Å². The van der Waals surface area contributed by atoms with Crippen molar-refractivity contribution in [3.63, 3.8) is 0 Å². The molecule has 0 unspecified atom stereocenters. The average molecular weight is 497 g/mol. The van der Waals surface area contributed by atoms with Crippen molar-refractivity contribution >= 4 is 5.91 Å². The lowest BCUT2D eigenvalue weighted by Crippen LogP contribution is -2.32. The van der Waals surface area contributed by atoms with Gasteiger partial charge in [0.2, 0.25) is 6.79 Å². The number of aromatic nitrogens is 1. The van der Waals surface area contributed by atoms with Crippen molar-refractivity contribution in [3.05, 3.63) is 114 Å². The number of carbonyl (C=O) groups excluding carboxylic acids is 1. The number of amides is 1. The maximum Gasteiger partial charge on any atom is 0.254 e. The summed E-state index contributed by atoms with van der Waals surface area (Å²) in [6.45, 7) is 1.50. The van der Waals surface area contributed by atoms with Crippen LogP contribution in [0.4, 0.5) is 0 Å². The highest BCUT2D eigenvalue weighted by atomic mass is 16.7. The normalized spacial score (nSPS) is 11.7. The SMILES string of the molecule is COc1cc(CN(CCc2ccccn2)C(=O)c2ccc3c(c2)OCO3)ccc1OCc1ccccc1. The van der Waals surface area contributed by atoms with Gasteiger partial charge in [0.25, 0.3) is 5.91 Å². The van der Waals surface area contributed by atoms with Gasteiger partial charge in [0.1, 0.15) is 6.61 Å². The summed E-state index contributed by atoms with van der Waals surface area (Å²) in [6, 6.07) is 26.8. The van der Waals surface area contributed by atoms with Gasteiger partial charge in [0.15, 0.2) is 23.0 Å². The van der Waals surface area contributed by atoms with Gasteiger partial charge in [-0.15, -0.1) is 0 Å². The van der Waals surface area contributed by atoms with E-state index >= 15 is 0 Å². The molecule has 3 aromatic carbocycles. The third-order valence-electron chi connectivity index (χ3n) is 6.11. The highest BCUT2D eigenvalue weighted by molar-refractivity contribution is 5.95. The lowest BCUT2D eigenvalue weighted by molar-refractivity contribution is 0.0744. The minimum atomic E-state index is -0.0994. The molecule has 0 fully saturated rings. The number of benzene rings is 3. The van der Waals surface area contributed by atoms with E-state index in [9.17, 15) is 4.79 Å². The summed E-state index contributed by atoms with van der Waals surface area (Å²) in [7, 11) is 1.62. The molecule has 1 aliphatic rings. The van der Waals surface area contributed by atoms with E-state index < -0.39 is 0 Å². The number of hydrogen-bond donors (Lipinski definition) is 0. The molecule has 0 atom stereocenters. The zero-order chi connectivity index (χ0) is 25.5. The minimum absolute atomic E-state index is 0.0994. The summed E-state index contributed by atoms with van der Waals surface area (Å²) in [5.41, 5.74) is 3.47. The zero-order valence-electron chi connectivity index (χ0n) is 20.6. The number of carbonyl (C=O) groups is 1. The molecular weight excluding hydrogens is 468 g/mol. The Hall–Kier alpha value is -4.52. The molecule has 0 aliphatic carbocycles. The largest absolute Gasteiger partial charge is 0.493 e. The third-order valence-corrected chi connectivity index (χ3v) is 6.11. The topological polar surface area (TPSA) is 70.1 Å². The van der Waals surface area contributed by atoms with Gasteiger partial charge in [-0.25, -0.2) is 0 Å². The smallest absolute Gasteiger partial charge is 0.254 e. The molecule has 7 nitrogen and oxygen atoms in total. The summed E-state index contributed by atoms with van der Waals surface area (Å²) in [5, 5.41) is 0. The maximum absolute atomic E-state index is 13.6. The fourth-order valence-electron chi connectivity index (χ4n) is 4.15. The highest BCUT2D eigenvalue weighted by Gasteiger charge is 2.21. The molecule has 0 radical (unpaired) electrons. The first-order valence-corrected chi connectivity index (χ1v) is 12.1. The fourth-order valence-corrected chi connectivity index (χ4v) is 4.15. The predicted octanol–water partition coefficient (Wildman–Crippen LogP) is 5.28. The summed E-state index contributed by atoms with van der Waals surface area (Å²) < 4.78 is 22.5. The summed E-state index contributed by atoms with van der Waals surface area (Å²) >= 11 is 0. The Morgan fingerprint density at radius 3 is 2.54 bits per heavy atom. The second kappa shape index (κ2) is 11.5. The van der Waals surface area contributed by atoms with Crippen LogP contribution in [0.2, 0.25) is 0 Å². The van der Waals surface area contributed by atoms with Gasteiger partial charge in [-0.05, 0) is 53.6 Å². The van der Waals surface area contributed by atoms with Crippen LogP contribution in [0.3, 0.4) is 0 Å². The fraction of sp³-hybridized carbons (Fsp3) is 0.200. The number of fused-ring (bicyclic) bond motifs is 1. The Bertz CT molecular complexity index is 1340. The lowest BCUT2D eigenvalue weighted by Gasteiger charge is -2.24. The van der Waals surface area contributed by atoms with Gasteiger partial charge in [-0.2, -0.15) is 0 Å². The van der Waals surface area contributed by atoms with Crippen molar-refractivity contribution in [1.82, 2.24) is 9.88 Å². The van der Waals surface area contributed by atoms with Crippen LogP contribution in [-0.2, 0) is 19.6 Å². The number of hydrogen-bond acceptors (Lipinski definition) is 6. The second-order valence-electron chi connectivity index (χ2n) is 8.63. The van der Waals surface area contributed by atoms with Crippen LogP contribution in [0.5, 0.6) is 23.0 Å². The molecule has 0 spiro atoms. The molecule has 7 heteroatoms. The number of nitrogens with zero attached hydrogens (tertiary/aromatic N) is 2. The third kappa shape index (κ3) is 6.01. The lowest BCUT2D eigenvalue weighted by atomic mass is 10.1. The summed E-state index contributed by atoms with van der Waals surface area (Å²) in [6.07, 6.45) is 2.39. The van der Waals surface area contributed by atoms with E-state index in [4.69, 9.17) is 18.9 Å². The molecule has 188 valence electrons. The molecule has 5 rings (SSSR count). The van der Waals surface area contributed by atoms with Crippen molar-refractivity contribution in [3.8, 4) is 23.0 Å². The molecule has 0 bridgehead atoms. The Kier molecular flexibility index (Phi) is 7.50. The molecular formula is C30H28N2O5. The van der Waals surface area contributed by atoms with Crippen molar-refractivity contribution in [1.29, 1.82) is 0 Å². The standard InChI is InChI=1S/C30H28N2O5/c1-34-28-17-23(10-12-26(28)35-20-22-7-3-2-4-8-22)19-32(16-14-25-9-5-6-15-31-25)30(33)24-11-13-27-29(18-24)37-21-36-27/h2-13,15,17-18H,14,16,19-21H2,1H3. The molecule has 4 aromatic rings. The number of ether oxygens (including phenoxy) is 4. The average Bonchev–Trinajstić information content (AvgIpc) is 3.43. The van der Waals surface area contributed by atoms with Crippen molar-refractivity contribution in [2.45, 2.75) is 19.6 Å². The van der Waals surface area contributed by atoms with E-state index in [2.05, 4.69) is 4.98 Å². The van der Waals surface area contributed by atoms with Crippen LogP contribution in [0.1, 0.15) is 27.2 Å². The summed E-state index contributed by atoms with van der Waals surface area (Å²) in [4.78, 5) is 19.8. The van der Waals surface area contributed by atoms with Gasteiger partial charge < -0.3 is 23.8 Å². The van der Waals surface area contributed by atoms with Crippen LogP contribution in [0.15, 0.2) is 91.1 Å². The molecule has 1 aromatic heterocycles. The molecule has 0 saturated carbocycles. The van der Waals surface area contributed by atoms with Crippen LogP contribution in [0, 0.1) is 0 Å². The van der Waals surface area contributed by atoms with Crippen molar-refractivity contribution < 1.29 is 23.7 Å². The Balaban J connectivity index is 1.34. The molecule has 37 heavy (non-hydrogen) atoms. The molecule has 0 saturated heterocycles. The van der Waals surface area contributed by atoms with Gasteiger partial charge in [-0.3, -0.25) is 9.78 Å². The van der Waals surface area contributed by atoms with E-state index in [1.165, 1.54) is 0 Å². The summed E-state index contributed by atoms with van der Waals surface area (Å²) in [5.74, 6) is 2.40. The van der Waals surface area contributed by atoms with E-state index in [1.54, 1.807) is 31.5 Å². The highest BCUT2D eigenvalue weighted by Crippen LogP contribution is 2.33. The van der Waals surface area contributed by atoms with Gasteiger partial charge in [0, 0.05) is 37.0 Å². The van der Waals surface area contributed by atoms with E-state index in [0.717, 1.165) is 16.8 Å². The molecule has 1 aliphatic heterocycles. The zero-order valence-corrected chi connectivity index (χ0v) is 20.6. The van der Waals surface area contributed by atoms with Crippen LogP contribution < -0.4 is 18.9 Å². The second-order valence-corrected chi connectivity index (χ2v) is 8.63. The molecule has 1 amide bonds. The molecule has 2 heterocycles. The van der Waals surface area contributed by atoms with Gasteiger partial charge >= 0.3 is 0 Å².